The number of benzene rings is 1. The number of ether oxygens (including phenoxy) is 2. The molecule has 16 heavy (non-hydrogen) atoms. The molecular formula is C13H15ClO2. The molecule has 3 rings (SSSR count). The average molecular weight is 239 g/mol. The Bertz CT molecular complexity index is 397. The third kappa shape index (κ3) is 1.56. The van der Waals surface area contributed by atoms with Crippen molar-refractivity contribution in [1.82, 2.24) is 0 Å². The molecule has 1 aromatic rings. The van der Waals surface area contributed by atoms with E-state index in [-0.39, 0.29) is 0 Å². The number of aryl methyl sites for hydroxylation is 2. The molecule has 0 N–H and O–H groups in total. The van der Waals surface area contributed by atoms with E-state index in [0.717, 1.165) is 5.56 Å². The van der Waals surface area contributed by atoms with Gasteiger partial charge in [-0.25, -0.2) is 0 Å². The van der Waals surface area contributed by atoms with Gasteiger partial charge in [-0.1, -0.05) is 18.2 Å². The SMILES string of the molecule is ClCC1(c2ccc3c(c2)CCC3)OCCO1. The maximum atomic E-state index is 6.00. The highest BCUT2D eigenvalue weighted by Gasteiger charge is 2.38. The predicted octanol–water partition coefficient (Wildman–Crippen LogP) is 2.61. The van der Waals surface area contributed by atoms with Crippen molar-refractivity contribution in [3.63, 3.8) is 0 Å². The lowest BCUT2D eigenvalue weighted by molar-refractivity contribution is -0.146. The van der Waals surface area contributed by atoms with Gasteiger partial charge < -0.3 is 9.47 Å². The van der Waals surface area contributed by atoms with Gasteiger partial charge in [0, 0.05) is 5.56 Å². The van der Waals surface area contributed by atoms with Crippen molar-refractivity contribution >= 4 is 11.6 Å². The lowest BCUT2D eigenvalue weighted by atomic mass is 10.0. The Morgan fingerprint density at radius 2 is 1.88 bits per heavy atom. The molecule has 1 heterocycles. The van der Waals surface area contributed by atoms with Crippen LogP contribution in [0.25, 0.3) is 0 Å². The molecule has 0 saturated carbocycles. The van der Waals surface area contributed by atoms with E-state index in [0.29, 0.717) is 19.1 Å². The number of halogens is 1. The minimum absolute atomic E-state index is 0.353. The molecule has 1 saturated heterocycles. The molecule has 1 aromatic carbocycles. The molecule has 2 aliphatic rings. The first kappa shape index (κ1) is 10.6. The number of hydrogen-bond acceptors (Lipinski definition) is 2. The van der Waals surface area contributed by atoms with Crippen LogP contribution in [0.5, 0.6) is 0 Å². The van der Waals surface area contributed by atoms with Gasteiger partial charge in [0.2, 0.25) is 5.79 Å². The highest BCUT2D eigenvalue weighted by Crippen LogP contribution is 2.35. The lowest BCUT2D eigenvalue weighted by Crippen LogP contribution is -2.29. The maximum Gasteiger partial charge on any atom is 0.209 e. The summed E-state index contributed by atoms with van der Waals surface area (Å²) in [5.41, 5.74) is 3.97. The van der Waals surface area contributed by atoms with Gasteiger partial charge in [-0.05, 0) is 30.4 Å². The number of hydrogen-bond donors (Lipinski definition) is 0. The van der Waals surface area contributed by atoms with Crippen molar-refractivity contribution in [1.29, 1.82) is 0 Å². The third-order valence-corrected chi connectivity index (χ3v) is 3.82. The summed E-state index contributed by atoms with van der Waals surface area (Å²) in [7, 11) is 0. The molecule has 0 atom stereocenters. The largest absolute Gasteiger partial charge is 0.342 e. The summed E-state index contributed by atoms with van der Waals surface area (Å²) in [6.07, 6.45) is 3.63. The van der Waals surface area contributed by atoms with Gasteiger partial charge in [0.1, 0.15) is 0 Å². The van der Waals surface area contributed by atoms with Crippen LogP contribution in [0.4, 0.5) is 0 Å². The molecular weight excluding hydrogens is 224 g/mol. The minimum atomic E-state index is -0.695. The monoisotopic (exact) mass is 238 g/mol. The van der Waals surface area contributed by atoms with Crippen molar-refractivity contribution in [3.8, 4) is 0 Å². The zero-order valence-electron chi connectivity index (χ0n) is 9.17. The number of alkyl halides is 1. The van der Waals surface area contributed by atoms with E-state index in [9.17, 15) is 0 Å². The Morgan fingerprint density at radius 1 is 1.12 bits per heavy atom. The van der Waals surface area contributed by atoms with Crippen molar-refractivity contribution in [2.75, 3.05) is 19.1 Å². The quantitative estimate of drug-likeness (QED) is 0.738. The van der Waals surface area contributed by atoms with Gasteiger partial charge in [0.15, 0.2) is 0 Å². The summed E-state index contributed by atoms with van der Waals surface area (Å²) in [4.78, 5) is 0. The summed E-state index contributed by atoms with van der Waals surface area (Å²) in [6.45, 7) is 1.26. The molecule has 1 fully saturated rings. The van der Waals surface area contributed by atoms with Crippen LogP contribution >= 0.6 is 11.6 Å². The molecule has 0 unspecified atom stereocenters. The van der Waals surface area contributed by atoms with E-state index in [1.807, 2.05) is 0 Å². The number of rotatable bonds is 2. The topological polar surface area (TPSA) is 18.5 Å². The van der Waals surface area contributed by atoms with Crippen LogP contribution in [0.3, 0.4) is 0 Å². The van der Waals surface area contributed by atoms with Crippen LogP contribution in [0.15, 0.2) is 18.2 Å². The molecule has 0 aromatic heterocycles. The van der Waals surface area contributed by atoms with Crippen LogP contribution in [0.1, 0.15) is 23.1 Å². The van der Waals surface area contributed by atoms with Gasteiger partial charge in [-0.15, -0.1) is 11.6 Å². The smallest absolute Gasteiger partial charge is 0.209 e. The highest BCUT2D eigenvalue weighted by molar-refractivity contribution is 6.18. The van der Waals surface area contributed by atoms with Crippen LogP contribution in [0, 0.1) is 0 Å². The van der Waals surface area contributed by atoms with Crippen LogP contribution in [-0.4, -0.2) is 19.1 Å². The predicted molar refractivity (Wildman–Crippen MR) is 62.8 cm³/mol. The van der Waals surface area contributed by atoms with Crippen molar-refractivity contribution in [2.24, 2.45) is 0 Å². The Hall–Kier alpha value is -0.570. The van der Waals surface area contributed by atoms with E-state index < -0.39 is 5.79 Å². The molecule has 0 radical (unpaired) electrons. The minimum Gasteiger partial charge on any atom is -0.342 e. The van der Waals surface area contributed by atoms with Crippen molar-refractivity contribution in [2.45, 2.75) is 25.0 Å². The second-order valence-corrected chi connectivity index (χ2v) is 4.69. The van der Waals surface area contributed by atoms with Crippen molar-refractivity contribution < 1.29 is 9.47 Å². The Morgan fingerprint density at radius 3 is 2.62 bits per heavy atom. The lowest BCUT2D eigenvalue weighted by Gasteiger charge is -2.25. The van der Waals surface area contributed by atoms with E-state index >= 15 is 0 Å². The van der Waals surface area contributed by atoms with Gasteiger partial charge >= 0.3 is 0 Å². The molecule has 86 valence electrons. The average Bonchev–Trinajstić information content (AvgIpc) is 2.97. The van der Waals surface area contributed by atoms with Crippen LogP contribution < -0.4 is 0 Å². The molecule has 2 nitrogen and oxygen atoms in total. The Labute approximate surface area is 101 Å². The highest BCUT2D eigenvalue weighted by atomic mass is 35.5. The van der Waals surface area contributed by atoms with Gasteiger partial charge in [0.05, 0.1) is 19.1 Å². The Balaban J connectivity index is 1.99. The second kappa shape index (κ2) is 4.02. The summed E-state index contributed by atoms with van der Waals surface area (Å²) >= 11 is 6.00. The van der Waals surface area contributed by atoms with E-state index in [1.54, 1.807) is 0 Å². The fraction of sp³-hybridized carbons (Fsp3) is 0.538. The van der Waals surface area contributed by atoms with E-state index in [2.05, 4.69) is 18.2 Å². The molecule has 0 spiro atoms. The maximum absolute atomic E-state index is 6.00. The van der Waals surface area contributed by atoms with Gasteiger partial charge in [-0.3, -0.25) is 0 Å². The second-order valence-electron chi connectivity index (χ2n) is 4.42. The van der Waals surface area contributed by atoms with Gasteiger partial charge in [0.25, 0.3) is 0 Å². The summed E-state index contributed by atoms with van der Waals surface area (Å²) in [5, 5.41) is 0. The zero-order valence-corrected chi connectivity index (χ0v) is 9.93. The first-order valence-corrected chi connectivity index (χ1v) is 6.34. The fourth-order valence-electron chi connectivity index (χ4n) is 2.58. The van der Waals surface area contributed by atoms with Gasteiger partial charge in [-0.2, -0.15) is 0 Å². The summed E-state index contributed by atoms with van der Waals surface area (Å²) in [6, 6.07) is 6.49. The van der Waals surface area contributed by atoms with Crippen LogP contribution in [0.2, 0.25) is 0 Å². The number of fused-ring (bicyclic) bond motifs is 1. The first-order valence-electron chi connectivity index (χ1n) is 5.80. The Kier molecular flexibility index (Phi) is 2.66. The molecule has 0 bridgehead atoms. The molecule has 0 amide bonds. The normalized spacial score (nSPS) is 22.3. The molecule has 1 aliphatic carbocycles. The molecule has 3 heteroatoms. The standard InChI is InChI=1S/C13H15ClO2/c14-9-13(15-6-7-16-13)12-5-4-10-2-1-3-11(10)8-12/h4-5,8H,1-3,6-7,9H2. The fourth-order valence-corrected chi connectivity index (χ4v) is 2.89. The zero-order chi connectivity index (χ0) is 11.0. The first-order chi connectivity index (χ1) is 7.84. The summed E-state index contributed by atoms with van der Waals surface area (Å²) < 4.78 is 11.4. The van der Waals surface area contributed by atoms with E-state index in [1.165, 1.54) is 30.4 Å². The van der Waals surface area contributed by atoms with E-state index in [4.69, 9.17) is 21.1 Å². The summed E-state index contributed by atoms with van der Waals surface area (Å²) in [5.74, 6) is -0.342. The van der Waals surface area contributed by atoms with Crippen LogP contribution in [-0.2, 0) is 28.1 Å². The third-order valence-electron chi connectivity index (χ3n) is 3.47. The molecule has 1 aliphatic heterocycles. The van der Waals surface area contributed by atoms with Crippen molar-refractivity contribution in [3.05, 3.63) is 34.9 Å².